The number of nitrogens with one attached hydrogen (secondary N) is 2. The summed E-state index contributed by atoms with van der Waals surface area (Å²) in [6, 6.07) is 11.8. The van der Waals surface area contributed by atoms with E-state index in [-0.39, 0.29) is 40.3 Å². The minimum atomic E-state index is -3.96. The van der Waals surface area contributed by atoms with Crippen LogP contribution in [0, 0.1) is 0 Å². The number of anilines is 1. The van der Waals surface area contributed by atoms with Crippen LogP contribution in [-0.2, 0) is 19.5 Å². The average Bonchev–Trinajstić information content (AvgIpc) is 3.26. The molecule has 0 aromatic heterocycles. The lowest BCUT2D eigenvalue weighted by molar-refractivity contribution is 0.0526. The van der Waals surface area contributed by atoms with Gasteiger partial charge in [-0.3, -0.25) is 9.52 Å². The molecule has 30 heavy (non-hydrogen) atoms. The molecule has 1 amide bonds. The molecular formula is C21H24N2O6S. The number of amides is 1. The SMILES string of the molecule is CCOC(=O)c1ccc(S(=O)(=O)Nc2ccccc2C(=O)NC[C@H]2CCCO2)cc1. The Morgan fingerprint density at radius 2 is 1.87 bits per heavy atom. The van der Waals surface area contributed by atoms with Crippen LogP contribution in [0.3, 0.4) is 0 Å². The predicted molar refractivity (Wildman–Crippen MR) is 111 cm³/mol. The summed E-state index contributed by atoms with van der Waals surface area (Å²) in [7, 11) is -3.96. The van der Waals surface area contributed by atoms with Crippen molar-refractivity contribution in [2.24, 2.45) is 0 Å². The summed E-state index contributed by atoms with van der Waals surface area (Å²) in [5.41, 5.74) is 0.628. The Kier molecular flexibility index (Phi) is 7.07. The third-order valence-electron chi connectivity index (χ3n) is 4.61. The van der Waals surface area contributed by atoms with E-state index in [1.165, 1.54) is 30.3 Å². The second-order valence-electron chi connectivity index (χ2n) is 6.74. The predicted octanol–water partition coefficient (Wildman–Crippen LogP) is 2.57. The van der Waals surface area contributed by atoms with Crippen molar-refractivity contribution in [1.82, 2.24) is 5.32 Å². The number of hydrogen-bond acceptors (Lipinski definition) is 6. The van der Waals surface area contributed by atoms with Crippen LogP contribution in [0.15, 0.2) is 53.4 Å². The van der Waals surface area contributed by atoms with Crippen molar-refractivity contribution in [2.75, 3.05) is 24.5 Å². The molecule has 9 heteroatoms. The summed E-state index contributed by atoms with van der Waals surface area (Å²) >= 11 is 0. The maximum atomic E-state index is 12.8. The summed E-state index contributed by atoms with van der Waals surface area (Å²) in [6.45, 7) is 2.97. The van der Waals surface area contributed by atoms with Crippen molar-refractivity contribution >= 4 is 27.6 Å². The summed E-state index contributed by atoms with van der Waals surface area (Å²) in [5.74, 6) is -0.913. The van der Waals surface area contributed by atoms with Gasteiger partial charge in [-0.15, -0.1) is 0 Å². The molecule has 2 N–H and O–H groups in total. The van der Waals surface area contributed by atoms with Gasteiger partial charge in [0, 0.05) is 13.2 Å². The summed E-state index contributed by atoms with van der Waals surface area (Å²) in [5, 5.41) is 2.79. The lowest BCUT2D eigenvalue weighted by Gasteiger charge is -2.14. The molecule has 3 rings (SSSR count). The van der Waals surface area contributed by atoms with Crippen molar-refractivity contribution in [1.29, 1.82) is 0 Å². The van der Waals surface area contributed by atoms with E-state index in [4.69, 9.17) is 9.47 Å². The van der Waals surface area contributed by atoms with Gasteiger partial charge < -0.3 is 14.8 Å². The lowest BCUT2D eigenvalue weighted by atomic mass is 10.1. The fourth-order valence-corrected chi connectivity index (χ4v) is 4.15. The molecule has 0 radical (unpaired) electrons. The molecule has 1 atom stereocenters. The zero-order valence-corrected chi connectivity index (χ0v) is 17.4. The quantitative estimate of drug-likeness (QED) is 0.621. The topological polar surface area (TPSA) is 111 Å². The average molecular weight is 432 g/mol. The number of esters is 1. The summed E-state index contributed by atoms with van der Waals surface area (Å²) in [6.07, 6.45) is 1.83. The van der Waals surface area contributed by atoms with Crippen LogP contribution in [0.5, 0.6) is 0 Å². The second kappa shape index (κ2) is 9.73. The Balaban J connectivity index is 1.73. The third-order valence-corrected chi connectivity index (χ3v) is 5.99. The molecule has 1 aliphatic rings. The molecule has 8 nitrogen and oxygen atoms in total. The first kappa shape index (κ1) is 21.8. The Hall–Kier alpha value is -2.91. The number of benzene rings is 2. The smallest absolute Gasteiger partial charge is 0.338 e. The highest BCUT2D eigenvalue weighted by atomic mass is 32.2. The van der Waals surface area contributed by atoms with Crippen LogP contribution < -0.4 is 10.0 Å². The highest BCUT2D eigenvalue weighted by Crippen LogP contribution is 2.21. The molecule has 0 unspecified atom stereocenters. The number of carbonyl (C=O) groups is 2. The normalized spacial score (nSPS) is 16.1. The van der Waals surface area contributed by atoms with E-state index in [2.05, 4.69) is 10.0 Å². The fourth-order valence-electron chi connectivity index (χ4n) is 3.07. The number of hydrogen-bond donors (Lipinski definition) is 2. The molecule has 1 aliphatic heterocycles. The maximum Gasteiger partial charge on any atom is 0.338 e. The van der Waals surface area contributed by atoms with Gasteiger partial charge in [0.1, 0.15) is 0 Å². The Morgan fingerprint density at radius 3 is 2.53 bits per heavy atom. The highest BCUT2D eigenvalue weighted by molar-refractivity contribution is 7.92. The van der Waals surface area contributed by atoms with Crippen molar-refractivity contribution < 1.29 is 27.5 Å². The number of carbonyl (C=O) groups excluding carboxylic acids is 2. The van der Waals surface area contributed by atoms with E-state index >= 15 is 0 Å². The summed E-state index contributed by atoms with van der Waals surface area (Å²) < 4.78 is 38.4. The number of rotatable bonds is 8. The Labute approximate surface area is 175 Å². The minimum Gasteiger partial charge on any atom is -0.462 e. The molecule has 1 fully saturated rings. The van der Waals surface area contributed by atoms with Crippen molar-refractivity contribution in [3.8, 4) is 0 Å². The first-order chi connectivity index (χ1) is 14.4. The Morgan fingerprint density at radius 1 is 1.13 bits per heavy atom. The standard InChI is InChI=1S/C21H24N2O6S/c1-2-28-21(25)15-9-11-17(12-10-15)30(26,27)23-19-8-4-3-7-18(19)20(24)22-14-16-6-5-13-29-16/h3-4,7-12,16,23H,2,5-6,13-14H2,1H3,(H,22,24)/t16-/m1/s1. The van der Waals surface area contributed by atoms with Gasteiger partial charge in [-0.1, -0.05) is 12.1 Å². The molecule has 1 saturated heterocycles. The van der Waals surface area contributed by atoms with Gasteiger partial charge in [-0.2, -0.15) is 0 Å². The van der Waals surface area contributed by atoms with Crippen LogP contribution in [0.2, 0.25) is 0 Å². The number of para-hydroxylation sites is 1. The van der Waals surface area contributed by atoms with Gasteiger partial charge in [-0.05, 0) is 56.2 Å². The molecule has 0 aliphatic carbocycles. The van der Waals surface area contributed by atoms with Crippen molar-refractivity contribution in [3.05, 3.63) is 59.7 Å². The number of sulfonamides is 1. The molecular weight excluding hydrogens is 408 g/mol. The highest BCUT2D eigenvalue weighted by Gasteiger charge is 2.21. The zero-order valence-electron chi connectivity index (χ0n) is 16.6. The second-order valence-corrected chi connectivity index (χ2v) is 8.42. The van der Waals surface area contributed by atoms with Crippen LogP contribution >= 0.6 is 0 Å². The molecule has 160 valence electrons. The van der Waals surface area contributed by atoms with Gasteiger partial charge in [0.25, 0.3) is 15.9 Å². The molecule has 0 spiro atoms. The first-order valence-corrected chi connectivity index (χ1v) is 11.2. The van der Waals surface area contributed by atoms with E-state index in [1.807, 2.05) is 0 Å². The van der Waals surface area contributed by atoms with Crippen LogP contribution in [0.1, 0.15) is 40.5 Å². The first-order valence-electron chi connectivity index (χ1n) is 9.69. The summed E-state index contributed by atoms with van der Waals surface area (Å²) in [4.78, 5) is 24.3. The number of ether oxygens (including phenoxy) is 2. The molecule has 1 heterocycles. The van der Waals surface area contributed by atoms with Gasteiger partial charge in [0.05, 0.1) is 34.4 Å². The molecule has 2 aromatic carbocycles. The maximum absolute atomic E-state index is 12.8. The Bertz CT molecular complexity index is 998. The van der Waals surface area contributed by atoms with E-state index < -0.39 is 16.0 Å². The van der Waals surface area contributed by atoms with Gasteiger partial charge in [0.2, 0.25) is 0 Å². The van der Waals surface area contributed by atoms with E-state index in [1.54, 1.807) is 25.1 Å². The van der Waals surface area contributed by atoms with E-state index in [0.717, 1.165) is 12.8 Å². The minimum absolute atomic E-state index is 0.0179. The monoisotopic (exact) mass is 432 g/mol. The molecule has 2 aromatic rings. The van der Waals surface area contributed by atoms with E-state index in [9.17, 15) is 18.0 Å². The van der Waals surface area contributed by atoms with Gasteiger partial charge in [0.15, 0.2) is 0 Å². The van der Waals surface area contributed by atoms with Crippen LogP contribution in [-0.4, -0.2) is 46.2 Å². The van der Waals surface area contributed by atoms with E-state index in [0.29, 0.717) is 13.2 Å². The van der Waals surface area contributed by atoms with Crippen molar-refractivity contribution in [2.45, 2.75) is 30.8 Å². The van der Waals surface area contributed by atoms with Gasteiger partial charge in [-0.25, -0.2) is 13.2 Å². The van der Waals surface area contributed by atoms with Crippen LogP contribution in [0.4, 0.5) is 5.69 Å². The fraction of sp³-hybridized carbons (Fsp3) is 0.333. The van der Waals surface area contributed by atoms with Crippen molar-refractivity contribution in [3.63, 3.8) is 0 Å². The molecule has 0 bridgehead atoms. The lowest BCUT2D eigenvalue weighted by Crippen LogP contribution is -2.32. The largest absolute Gasteiger partial charge is 0.462 e. The van der Waals surface area contributed by atoms with Gasteiger partial charge >= 0.3 is 5.97 Å². The third kappa shape index (κ3) is 5.37. The van der Waals surface area contributed by atoms with Crippen LogP contribution in [0.25, 0.3) is 0 Å². The zero-order chi connectivity index (χ0) is 21.6. The molecule has 0 saturated carbocycles.